The molecule has 2 aromatic rings. The van der Waals surface area contributed by atoms with E-state index < -0.39 is 0 Å². The lowest BCUT2D eigenvalue weighted by molar-refractivity contribution is 0.625. The predicted octanol–water partition coefficient (Wildman–Crippen LogP) is 3.61. The first-order valence-corrected chi connectivity index (χ1v) is 5.29. The van der Waals surface area contributed by atoms with Crippen LogP contribution in [-0.4, -0.2) is 4.99 Å². The first-order chi connectivity index (χ1) is 7.77. The monoisotopic (exact) mass is 231 g/mol. The normalized spacial score (nSPS) is 9.81. The lowest BCUT2D eigenvalue weighted by Crippen LogP contribution is -2.12. The maximum Gasteiger partial charge on any atom is 0.133 e. The van der Waals surface area contributed by atoms with Gasteiger partial charge in [0.2, 0.25) is 0 Å². The molecule has 0 saturated heterocycles. The second-order valence-electron chi connectivity index (χ2n) is 3.30. The quantitative estimate of drug-likeness (QED) is 0.792. The fraction of sp³-hybridized carbons (Fsp3) is 0. The van der Waals surface area contributed by atoms with E-state index in [0.717, 1.165) is 5.69 Å². The van der Waals surface area contributed by atoms with Gasteiger partial charge in [-0.05, 0) is 24.3 Å². The summed E-state index contributed by atoms with van der Waals surface area (Å²) in [5.74, 6) is -0.309. The van der Waals surface area contributed by atoms with E-state index >= 15 is 0 Å². The molecular weight excluding hydrogens is 221 g/mol. The Balaban J connectivity index is 2.19. The number of anilines is 1. The van der Waals surface area contributed by atoms with Crippen molar-refractivity contribution in [1.82, 2.24) is 0 Å². The number of rotatable bonds is 2. The number of hydrogen-bond donors (Lipinski definition) is 1. The van der Waals surface area contributed by atoms with Crippen molar-refractivity contribution >= 4 is 22.9 Å². The first-order valence-electron chi connectivity index (χ1n) is 4.88. The van der Waals surface area contributed by atoms with Crippen molar-refractivity contribution in [2.75, 3.05) is 5.32 Å². The Kier molecular flexibility index (Phi) is 3.27. The molecule has 0 fully saturated rings. The molecule has 0 bridgehead atoms. The standard InChI is InChI=1S/C13H10FNS/c14-12-9-5-4-8-11(12)13(16)15-10-6-2-1-3-7-10/h1-9H,(H,15,16). The van der Waals surface area contributed by atoms with Crippen LogP contribution >= 0.6 is 12.2 Å². The molecule has 0 aliphatic carbocycles. The zero-order valence-corrected chi connectivity index (χ0v) is 9.30. The third kappa shape index (κ3) is 2.44. The number of hydrogen-bond acceptors (Lipinski definition) is 1. The van der Waals surface area contributed by atoms with Gasteiger partial charge in [-0.15, -0.1) is 0 Å². The van der Waals surface area contributed by atoms with Crippen LogP contribution < -0.4 is 5.32 Å². The van der Waals surface area contributed by atoms with E-state index in [2.05, 4.69) is 5.32 Å². The van der Waals surface area contributed by atoms with Crippen molar-refractivity contribution in [2.24, 2.45) is 0 Å². The second-order valence-corrected chi connectivity index (χ2v) is 3.71. The number of halogens is 1. The molecule has 2 rings (SSSR count). The summed E-state index contributed by atoms with van der Waals surface area (Å²) in [4.78, 5) is 0.393. The molecular formula is C13H10FNS. The van der Waals surface area contributed by atoms with E-state index in [9.17, 15) is 4.39 Å². The summed E-state index contributed by atoms with van der Waals surface area (Å²) < 4.78 is 13.4. The van der Waals surface area contributed by atoms with Gasteiger partial charge in [0.25, 0.3) is 0 Å². The summed E-state index contributed by atoms with van der Waals surface area (Å²) in [5, 5.41) is 2.99. The molecule has 80 valence electrons. The minimum absolute atomic E-state index is 0.309. The molecule has 16 heavy (non-hydrogen) atoms. The van der Waals surface area contributed by atoms with Gasteiger partial charge >= 0.3 is 0 Å². The SMILES string of the molecule is Fc1ccccc1C(=S)Nc1ccccc1. The summed E-state index contributed by atoms with van der Waals surface area (Å²) >= 11 is 5.14. The molecule has 0 aromatic heterocycles. The molecule has 0 heterocycles. The van der Waals surface area contributed by atoms with Crippen LogP contribution in [0, 0.1) is 5.82 Å². The number of para-hydroxylation sites is 1. The van der Waals surface area contributed by atoms with Gasteiger partial charge in [-0.25, -0.2) is 4.39 Å². The van der Waals surface area contributed by atoms with Crippen LogP contribution in [-0.2, 0) is 0 Å². The highest BCUT2D eigenvalue weighted by Crippen LogP contribution is 2.12. The number of thiocarbonyl (C=S) groups is 1. The van der Waals surface area contributed by atoms with E-state index in [0.29, 0.717) is 10.6 Å². The highest BCUT2D eigenvalue weighted by atomic mass is 32.1. The molecule has 2 aromatic carbocycles. The Bertz CT molecular complexity index is 496. The summed E-state index contributed by atoms with van der Waals surface area (Å²) in [6, 6.07) is 15.9. The lowest BCUT2D eigenvalue weighted by Gasteiger charge is -2.08. The Morgan fingerprint density at radius 3 is 2.25 bits per heavy atom. The minimum Gasteiger partial charge on any atom is -0.346 e. The van der Waals surface area contributed by atoms with Crippen LogP contribution in [0.15, 0.2) is 54.6 Å². The van der Waals surface area contributed by atoms with Crippen molar-refractivity contribution in [2.45, 2.75) is 0 Å². The van der Waals surface area contributed by atoms with Gasteiger partial charge in [0, 0.05) is 11.3 Å². The molecule has 0 unspecified atom stereocenters. The van der Waals surface area contributed by atoms with Crippen LogP contribution in [0.25, 0.3) is 0 Å². The average Bonchev–Trinajstić information content (AvgIpc) is 2.31. The largest absolute Gasteiger partial charge is 0.346 e. The fourth-order valence-corrected chi connectivity index (χ4v) is 1.65. The summed E-state index contributed by atoms with van der Waals surface area (Å²) in [5.41, 5.74) is 1.28. The van der Waals surface area contributed by atoms with Crippen molar-refractivity contribution < 1.29 is 4.39 Å². The van der Waals surface area contributed by atoms with E-state index in [1.54, 1.807) is 18.2 Å². The summed E-state index contributed by atoms with van der Waals surface area (Å²) in [6.07, 6.45) is 0. The van der Waals surface area contributed by atoms with Crippen molar-refractivity contribution in [3.05, 3.63) is 66.0 Å². The van der Waals surface area contributed by atoms with Crippen LogP contribution in [0.4, 0.5) is 10.1 Å². The van der Waals surface area contributed by atoms with Crippen LogP contribution in [0.5, 0.6) is 0 Å². The van der Waals surface area contributed by atoms with Gasteiger partial charge in [-0.2, -0.15) is 0 Å². The zero-order valence-electron chi connectivity index (χ0n) is 8.48. The molecule has 0 aliphatic heterocycles. The maximum atomic E-state index is 13.4. The van der Waals surface area contributed by atoms with Gasteiger partial charge in [0.05, 0.1) is 0 Å². The maximum absolute atomic E-state index is 13.4. The number of benzene rings is 2. The molecule has 0 radical (unpaired) electrons. The molecule has 0 aliphatic rings. The van der Waals surface area contributed by atoms with Gasteiger partial charge in [0.1, 0.15) is 10.8 Å². The Hall–Kier alpha value is -1.74. The van der Waals surface area contributed by atoms with E-state index in [1.165, 1.54) is 6.07 Å². The van der Waals surface area contributed by atoms with Gasteiger partial charge in [0.15, 0.2) is 0 Å². The van der Waals surface area contributed by atoms with E-state index in [1.807, 2.05) is 30.3 Å². The molecule has 0 saturated carbocycles. The van der Waals surface area contributed by atoms with Crippen LogP contribution in [0.1, 0.15) is 5.56 Å². The minimum atomic E-state index is -0.309. The van der Waals surface area contributed by atoms with Crippen molar-refractivity contribution in [3.8, 4) is 0 Å². The molecule has 0 spiro atoms. The Morgan fingerprint density at radius 1 is 0.938 bits per heavy atom. The summed E-state index contributed by atoms with van der Waals surface area (Å²) in [7, 11) is 0. The van der Waals surface area contributed by atoms with Crippen molar-refractivity contribution in [1.29, 1.82) is 0 Å². The molecule has 3 heteroatoms. The van der Waals surface area contributed by atoms with E-state index in [4.69, 9.17) is 12.2 Å². The predicted molar refractivity (Wildman–Crippen MR) is 68.2 cm³/mol. The topological polar surface area (TPSA) is 12.0 Å². The van der Waals surface area contributed by atoms with Gasteiger partial charge in [-0.1, -0.05) is 42.5 Å². The van der Waals surface area contributed by atoms with Gasteiger partial charge < -0.3 is 5.32 Å². The van der Waals surface area contributed by atoms with Crippen LogP contribution in [0.2, 0.25) is 0 Å². The summed E-state index contributed by atoms with van der Waals surface area (Å²) in [6.45, 7) is 0. The lowest BCUT2D eigenvalue weighted by atomic mass is 10.2. The average molecular weight is 231 g/mol. The second kappa shape index (κ2) is 4.86. The third-order valence-electron chi connectivity index (χ3n) is 2.15. The van der Waals surface area contributed by atoms with E-state index in [-0.39, 0.29) is 5.82 Å². The molecule has 1 nitrogen and oxygen atoms in total. The number of nitrogens with one attached hydrogen (secondary N) is 1. The molecule has 1 N–H and O–H groups in total. The highest BCUT2D eigenvalue weighted by Gasteiger charge is 2.06. The first kappa shape index (κ1) is 10.8. The van der Waals surface area contributed by atoms with Gasteiger partial charge in [-0.3, -0.25) is 0 Å². The fourth-order valence-electron chi connectivity index (χ4n) is 1.37. The molecule has 0 amide bonds. The smallest absolute Gasteiger partial charge is 0.133 e. The Morgan fingerprint density at radius 2 is 1.56 bits per heavy atom. The Labute approximate surface area is 98.9 Å². The highest BCUT2D eigenvalue weighted by molar-refractivity contribution is 7.81. The van der Waals surface area contributed by atoms with Crippen molar-refractivity contribution in [3.63, 3.8) is 0 Å². The third-order valence-corrected chi connectivity index (χ3v) is 2.47. The molecule has 0 atom stereocenters. The zero-order chi connectivity index (χ0) is 11.4. The van der Waals surface area contributed by atoms with Crippen LogP contribution in [0.3, 0.4) is 0 Å².